The minimum atomic E-state index is -0.187. The van der Waals surface area contributed by atoms with Gasteiger partial charge in [-0.05, 0) is 68.9 Å². The SMILES string of the molecule is C=C(CC1CCCN(c2ccc(C(=N)N)cc2)C1=C)NC(CCc1ccccc1)CC(=O)OCC. The number of carbonyl (C=O) groups is 1. The van der Waals surface area contributed by atoms with Gasteiger partial charge in [-0.1, -0.05) is 43.5 Å². The molecule has 1 saturated heterocycles. The number of aryl methyl sites for hydroxylation is 1. The molecule has 0 radical (unpaired) electrons. The van der Waals surface area contributed by atoms with Crippen LogP contribution >= 0.6 is 0 Å². The molecule has 1 fully saturated rings. The van der Waals surface area contributed by atoms with Crippen molar-refractivity contribution in [2.75, 3.05) is 18.1 Å². The Hall–Kier alpha value is -3.54. The number of nitrogens with two attached hydrogens (primary N) is 1. The molecule has 0 amide bonds. The zero-order valence-corrected chi connectivity index (χ0v) is 20.8. The molecule has 0 bridgehead atoms. The lowest BCUT2D eigenvalue weighted by Crippen LogP contribution is -2.36. The highest BCUT2D eigenvalue weighted by molar-refractivity contribution is 5.95. The van der Waals surface area contributed by atoms with Crippen molar-refractivity contribution in [1.82, 2.24) is 5.32 Å². The topological polar surface area (TPSA) is 91.4 Å². The zero-order chi connectivity index (χ0) is 25.2. The highest BCUT2D eigenvalue weighted by Gasteiger charge is 2.26. The summed E-state index contributed by atoms with van der Waals surface area (Å²) in [6, 6.07) is 18.0. The summed E-state index contributed by atoms with van der Waals surface area (Å²) in [6.07, 6.45) is 4.90. The molecule has 3 rings (SSSR count). The molecule has 2 atom stereocenters. The maximum Gasteiger partial charge on any atom is 0.307 e. The second-order valence-corrected chi connectivity index (χ2v) is 9.13. The van der Waals surface area contributed by atoms with Crippen molar-refractivity contribution in [2.45, 2.75) is 51.5 Å². The van der Waals surface area contributed by atoms with E-state index in [9.17, 15) is 4.79 Å². The first-order chi connectivity index (χ1) is 16.9. The van der Waals surface area contributed by atoms with Gasteiger partial charge in [-0.3, -0.25) is 10.2 Å². The summed E-state index contributed by atoms with van der Waals surface area (Å²) in [6.45, 7) is 11.8. The second kappa shape index (κ2) is 12.8. The summed E-state index contributed by atoms with van der Waals surface area (Å²) in [5.74, 6) is 0.153. The molecule has 2 aromatic rings. The molecule has 0 spiro atoms. The van der Waals surface area contributed by atoms with Crippen LogP contribution in [0.15, 0.2) is 79.1 Å². The number of amidine groups is 1. The van der Waals surface area contributed by atoms with Crippen molar-refractivity contribution in [3.63, 3.8) is 0 Å². The van der Waals surface area contributed by atoms with Crippen LogP contribution in [-0.2, 0) is 16.0 Å². The summed E-state index contributed by atoms with van der Waals surface area (Å²) in [5.41, 5.74) is 10.6. The summed E-state index contributed by atoms with van der Waals surface area (Å²) in [5, 5.41) is 11.1. The average Bonchev–Trinajstić information content (AvgIpc) is 2.84. The molecule has 1 aliphatic heterocycles. The fraction of sp³-hybridized carbons (Fsp3) is 0.379. The standard InChI is InChI=1S/C29H38N4O2/c1-4-35-28(34)20-26(15-12-23-9-6-5-7-10-23)32-21(2)19-25-11-8-18-33(22(25)3)27-16-13-24(14-17-27)29(30)31/h5-7,9-10,13-14,16-17,25-26,32H,2-4,8,11-12,15,18-20H2,1H3,(H3,30,31). The maximum absolute atomic E-state index is 12.2. The third-order valence-electron chi connectivity index (χ3n) is 6.49. The monoisotopic (exact) mass is 474 g/mol. The van der Waals surface area contributed by atoms with Gasteiger partial charge in [0.05, 0.1) is 13.0 Å². The van der Waals surface area contributed by atoms with Crippen molar-refractivity contribution in [2.24, 2.45) is 11.7 Å². The number of nitrogens with one attached hydrogen (secondary N) is 2. The van der Waals surface area contributed by atoms with Crippen LogP contribution in [0.2, 0.25) is 0 Å². The van der Waals surface area contributed by atoms with E-state index in [2.05, 4.69) is 35.5 Å². The first-order valence-electron chi connectivity index (χ1n) is 12.4. The number of carbonyl (C=O) groups excluding carboxylic acids is 1. The van der Waals surface area contributed by atoms with Gasteiger partial charge >= 0.3 is 5.97 Å². The molecule has 2 unspecified atom stereocenters. The number of nitrogens with zero attached hydrogens (tertiary/aromatic N) is 1. The molecule has 6 heteroatoms. The van der Waals surface area contributed by atoms with Crippen LogP contribution in [0, 0.1) is 11.3 Å². The lowest BCUT2D eigenvalue weighted by atomic mass is 9.89. The largest absolute Gasteiger partial charge is 0.466 e. The highest BCUT2D eigenvalue weighted by Crippen LogP contribution is 2.34. The van der Waals surface area contributed by atoms with E-state index in [1.54, 1.807) is 0 Å². The number of benzene rings is 2. The molecular formula is C29H38N4O2. The summed E-state index contributed by atoms with van der Waals surface area (Å²) < 4.78 is 5.21. The Bertz CT molecular complexity index is 1020. The van der Waals surface area contributed by atoms with Crippen LogP contribution < -0.4 is 16.0 Å². The van der Waals surface area contributed by atoms with Crippen molar-refractivity contribution in [3.05, 3.63) is 90.3 Å². The zero-order valence-electron chi connectivity index (χ0n) is 20.8. The minimum Gasteiger partial charge on any atom is -0.466 e. The number of rotatable bonds is 12. The minimum absolute atomic E-state index is 0.0335. The molecule has 6 nitrogen and oxygen atoms in total. The molecule has 186 valence electrons. The third-order valence-corrected chi connectivity index (χ3v) is 6.49. The normalized spacial score (nSPS) is 16.4. The number of ether oxygens (including phenoxy) is 1. The number of anilines is 1. The van der Waals surface area contributed by atoms with Gasteiger partial charge in [-0.15, -0.1) is 0 Å². The molecule has 1 heterocycles. The highest BCUT2D eigenvalue weighted by atomic mass is 16.5. The lowest BCUT2D eigenvalue weighted by molar-refractivity contribution is -0.143. The fourth-order valence-corrected chi connectivity index (χ4v) is 4.64. The van der Waals surface area contributed by atoms with Gasteiger partial charge in [0.2, 0.25) is 0 Å². The molecule has 0 saturated carbocycles. The van der Waals surface area contributed by atoms with Gasteiger partial charge in [0.25, 0.3) is 0 Å². The molecule has 1 aliphatic rings. The number of piperidine rings is 1. The van der Waals surface area contributed by atoms with Gasteiger partial charge in [0.1, 0.15) is 5.84 Å². The van der Waals surface area contributed by atoms with Crippen molar-refractivity contribution < 1.29 is 9.53 Å². The van der Waals surface area contributed by atoms with Gasteiger partial charge in [-0.25, -0.2) is 0 Å². The van der Waals surface area contributed by atoms with Crippen molar-refractivity contribution in [1.29, 1.82) is 5.41 Å². The van der Waals surface area contributed by atoms with E-state index in [1.807, 2.05) is 49.4 Å². The van der Waals surface area contributed by atoms with Crippen LogP contribution in [0.4, 0.5) is 5.69 Å². The van der Waals surface area contributed by atoms with Gasteiger partial charge in [0, 0.05) is 41.1 Å². The average molecular weight is 475 g/mol. The van der Waals surface area contributed by atoms with E-state index in [-0.39, 0.29) is 23.8 Å². The van der Waals surface area contributed by atoms with Gasteiger partial charge < -0.3 is 20.7 Å². The van der Waals surface area contributed by atoms with Crippen LogP contribution in [0.1, 0.15) is 50.2 Å². The van der Waals surface area contributed by atoms with Crippen LogP contribution in [0.25, 0.3) is 0 Å². The van der Waals surface area contributed by atoms with Crippen molar-refractivity contribution >= 4 is 17.5 Å². The summed E-state index contributed by atoms with van der Waals surface area (Å²) in [7, 11) is 0. The Kier molecular flexibility index (Phi) is 9.53. The van der Waals surface area contributed by atoms with Gasteiger partial charge in [-0.2, -0.15) is 0 Å². The number of nitrogen functional groups attached to an aromatic ring is 1. The van der Waals surface area contributed by atoms with E-state index in [0.717, 1.165) is 55.7 Å². The smallest absolute Gasteiger partial charge is 0.307 e. The van der Waals surface area contributed by atoms with Crippen LogP contribution in [0.3, 0.4) is 0 Å². The Morgan fingerprint density at radius 3 is 2.60 bits per heavy atom. The summed E-state index contributed by atoms with van der Waals surface area (Å²) >= 11 is 0. The predicted octanol–water partition coefficient (Wildman–Crippen LogP) is 5.15. The van der Waals surface area contributed by atoms with E-state index in [1.165, 1.54) is 5.56 Å². The number of esters is 1. The second-order valence-electron chi connectivity index (χ2n) is 9.13. The van der Waals surface area contributed by atoms with Gasteiger partial charge in [0.15, 0.2) is 0 Å². The molecule has 4 N–H and O–H groups in total. The third kappa shape index (κ3) is 7.74. The first-order valence-corrected chi connectivity index (χ1v) is 12.4. The van der Waals surface area contributed by atoms with E-state index < -0.39 is 0 Å². The molecule has 2 aromatic carbocycles. The molecule has 0 aromatic heterocycles. The van der Waals surface area contributed by atoms with Crippen molar-refractivity contribution in [3.8, 4) is 0 Å². The fourth-order valence-electron chi connectivity index (χ4n) is 4.64. The molecular weight excluding hydrogens is 436 g/mol. The Labute approximate surface area is 209 Å². The Balaban J connectivity index is 1.60. The van der Waals surface area contributed by atoms with E-state index in [0.29, 0.717) is 18.6 Å². The Morgan fingerprint density at radius 1 is 1.23 bits per heavy atom. The number of allylic oxidation sites excluding steroid dienone is 2. The number of hydrogen-bond donors (Lipinski definition) is 3. The van der Waals surface area contributed by atoms with Crippen LogP contribution in [0.5, 0.6) is 0 Å². The quantitative estimate of drug-likeness (QED) is 0.225. The maximum atomic E-state index is 12.2. The molecule has 35 heavy (non-hydrogen) atoms. The molecule has 0 aliphatic carbocycles. The summed E-state index contributed by atoms with van der Waals surface area (Å²) in [4.78, 5) is 14.5. The Morgan fingerprint density at radius 2 is 1.94 bits per heavy atom. The number of hydrogen-bond acceptors (Lipinski definition) is 5. The lowest BCUT2D eigenvalue weighted by Gasteiger charge is -2.37. The first kappa shape index (κ1) is 26.1. The van der Waals surface area contributed by atoms with Crippen LogP contribution in [-0.4, -0.2) is 31.0 Å². The van der Waals surface area contributed by atoms with E-state index >= 15 is 0 Å². The predicted molar refractivity (Wildman–Crippen MR) is 143 cm³/mol. The van der Waals surface area contributed by atoms with E-state index in [4.69, 9.17) is 15.9 Å².